The highest BCUT2D eigenvalue weighted by Crippen LogP contribution is 2.25. The van der Waals surface area contributed by atoms with Gasteiger partial charge in [-0.1, -0.05) is 6.92 Å². The number of esters is 1. The Labute approximate surface area is 112 Å². The molecule has 0 amide bonds. The topological polar surface area (TPSA) is 76.1 Å². The van der Waals surface area contributed by atoms with E-state index in [0.29, 0.717) is 5.82 Å². The summed E-state index contributed by atoms with van der Waals surface area (Å²) in [6.45, 7) is 5.20. The maximum Gasteiger partial charge on any atom is 0.358 e. The van der Waals surface area contributed by atoms with E-state index in [4.69, 9.17) is 0 Å². The summed E-state index contributed by atoms with van der Waals surface area (Å²) in [7, 11) is 1.33. The van der Waals surface area contributed by atoms with Crippen LogP contribution in [0.5, 0.6) is 0 Å². The molecule has 0 spiro atoms. The predicted octanol–water partition coefficient (Wildman–Crippen LogP) is 1.06. The molecule has 0 aromatic carbocycles. The minimum atomic E-state index is -0.470. The lowest BCUT2D eigenvalue weighted by molar-refractivity contribution is 0.0592. The van der Waals surface area contributed by atoms with Gasteiger partial charge in [-0.15, -0.1) is 10.2 Å². The van der Waals surface area contributed by atoms with Crippen LogP contribution in [0.15, 0.2) is 12.1 Å². The average Bonchev–Trinajstić information content (AvgIpc) is 2.46. The largest absolute Gasteiger partial charge is 0.464 e. The molecule has 0 aliphatic carbocycles. The maximum atomic E-state index is 11.2. The summed E-state index contributed by atoms with van der Waals surface area (Å²) in [5.41, 5.74) is 0.458. The maximum absolute atomic E-state index is 11.2. The molecule has 0 radical (unpaired) electrons. The molecular formula is C13H20N4O2. The van der Waals surface area contributed by atoms with Crippen LogP contribution in [0.4, 0.5) is 5.82 Å². The second kappa shape index (κ2) is 5.97. The van der Waals surface area contributed by atoms with E-state index >= 15 is 0 Å². The van der Waals surface area contributed by atoms with Gasteiger partial charge in [0.15, 0.2) is 5.69 Å². The number of rotatable bonds is 4. The minimum absolute atomic E-state index is 0.221. The highest BCUT2D eigenvalue weighted by molar-refractivity contribution is 5.86. The summed E-state index contributed by atoms with van der Waals surface area (Å²) in [6, 6.07) is 3.36. The summed E-state index contributed by atoms with van der Waals surface area (Å²) in [4.78, 5) is 11.2. The minimum Gasteiger partial charge on any atom is -0.464 e. The summed E-state index contributed by atoms with van der Waals surface area (Å²) < 4.78 is 4.58. The number of carbonyl (C=O) groups is 1. The van der Waals surface area contributed by atoms with Crippen molar-refractivity contribution in [3.63, 3.8) is 0 Å². The Hall–Kier alpha value is -1.69. The third kappa shape index (κ3) is 3.64. The van der Waals surface area contributed by atoms with Gasteiger partial charge < -0.3 is 15.4 Å². The SMILES string of the molecule is COC(=O)c1ccc(NCC2(C)CCCNC2)nn1. The van der Waals surface area contributed by atoms with Gasteiger partial charge in [0.25, 0.3) is 0 Å². The molecule has 1 aromatic rings. The summed E-state index contributed by atoms with van der Waals surface area (Å²) in [5.74, 6) is 0.210. The molecule has 1 atom stereocenters. The van der Waals surface area contributed by atoms with Crippen LogP contribution in [0.2, 0.25) is 0 Å². The second-order valence-corrected chi connectivity index (χ2v) is 5.24. The molecule has 1 aromatic heterocycles. The molecule has 2 rings (SSSR count). The summed E-state index contributed by atoms with van der Waals surface area (Å²) >= 11 is 0. The quantitative estimate of drug-likeness (QED) is 0.792. The highest BCUT2D eigenvalue weighted by Gasteiger charge is 2.26. The van der Waals surface area contributed by atoms with Gasteiger partial charge in [0.1, 0.15) is 5.82 Å². The van der Waals surface area contributed by atoms with Crippen LogP contribution in [-0.4, -0.2) is 42.9 Å². The van der Waals surface area contributed by atoms with E-state index in [1.807, 2.05) is 0 Å². The monoisotopic (exact) mass is 264 g/mol. The Morgan fingerprint density at radius 3 is 2.95 bits per heavy atom. The smallest absolute Gasteiger partial charge is 0.358 e. The van der Waals surface area contributed by atoms with Gasteiger partial charge in [0.2, 0.25) is 0 Å². The van der Waals surface area contributed by atoms with Gasteiger partial charge in [-0.25, -0.2) is 4.79 Å². The Kier molecular flexibility index (Phi) is 4.31. The molecule has 1 aliphatic heterocycles. The van der Waals surface area contributed by atoms with E-state index in [0.717, 1.165) is 19.6 Å². The molecule has 0 bridgehead atoms. The van der Waals surface area contributed by atoms with Crippen molar-refractivity contribution in [1.29, 1.82) is 0 Å². The first-order chi connectivity index (χ1) is 9.13. The Balaban J connectivity index is 1.91. The first kappa shape index (κ1) is 13.7. The number of anilines is 1. The number of nitrogens with one attached hydrogen (secondary N) is 2. The van der Waals surface area contributed by atoms with Crippen LogP contribution >= 0.6 is 0 Å². The lowest BCUT2D eigenvalue weighted by Crippen LogP contribution is -2.42. The van der Waals surface area contributed by atoms with Crippen molar-refractivity contribution in [3.05, 3.63) is 17.8 Å². The highest BCUT2D eigenvalue weighted by atomic mass is 16.5. The van der Waals surface area contributed by atoms with Crippen LogP contribution in [0.25, 0.3) is 0 Å². The van der Waals surface area contributed by atoms with Gasteiger partial charge >= 0.3 is 5.97 Å². The summed E-state index contributed by atoms with van der Waals surface area (Å²) in [5, 5.41) is 14.5. The molecule has 19 heavy (non-hydrogen) atoms. The molecule has 0 saturated carbocycles. The first-order valence-electron chi connectivity index (χ1n) is 6.50. The molecule has 1 unspecified atom stereocenters. The van der Waals surface area contributed by atoms with E-state index in [2.05, 4.69) is 32.5 Å². The van der Waals surface area contributed by atoms with Crippen molar-refractivity contribution < 1.29 is 9.53 Å². The first-order valence-corrected chi connectivity index (χ1v) is 6.50. The number of carbonyl (C=O) groups excluding carboxylic acids is 1. The molecule has 6 nitrogen and oxygen atoms in total. The van der Waals surface area contributed by atoms with Crippen molar-refractivity contribution in [3.8, 4) is 0 Å². The van der Waals surface area contributed by atoms with E-state index < -0.39 is 5.97 Å². The molecule has 2 heterocycles. The van der Waals surface area contributed by atoms with Gasteiger partial charge in [0, 0.05) is 13.1 Å². The fraction of sp³-hybridized carbons (Fsp3) is 0.615. The zero-order valence-electron chi connectivity index (χ0n) is 11.4. The van der Waals surface area contributed by atoms with Crippen molar-refractivity contribution in [2.45, 2.75) is 19.8 Å². The molecule has 2 N–H and O–H groups in total. The van der Waals surface area contributed by atoms with Crippen molar-refractivity contribution in [2.24, 2.45) is 5.41 Å². The van der Waals surface area contributed by atoms with Crippen LogP contribution in [0.1, 0.15) is 30.3 Å². The Morgan fingerprint density at radius 1 is 1.53 bits per heavy atom. The van der Waals surface area contributed by atoms with Gasteiger partial charge in [-0.05, 0) is 36.9 Å². The fourth-order valence-corrected chi connectivity index (χ4v) is 2.21. The third-order valence-corrected chi connectivity index (χ3v) is 3.44. The standard InChI is InChI=1S/C13H20N4O2/c1-13(6-3-7-14-8-13)9-15-11-5-4-10(16-17-11)12(18)19-2/h4-5,14H,3,6-9H2,1-2H3,(H,15,17). The average molecular weight is 264 g/mol. The van der Waals surface area contributed by atoms with E-state index in [9.17, 15) is 4.79 Å². The summed E-state index contributed by atoms with van der Waals surface area (Å²) in [6.07, 6.45) is 2.39. The lowest BCUT2D eigenvalue weighted by Gasteiger charge is -2.34. The normalized spacial score (nSPS) is 22.8. The van der Waals surface area contributed by atoms with Crippen molar-refractivity contribution >= 4 is 11.8 Å². The molecule has 1 saturated heterocycles. The number of hydrogen-bond donors (Lipinski definition) is 2. The predicted molar refractivity (Wildman–Crippen MR) is 72.1 cm³/mol. The van der Waals surface area contributed by atoms with Crippen molar-refractivity contribution in [1.82, 2.24) is 15.5 Å². The molecule has 104 valence electrons. The number of aromatic nitrogens is 2. The number of hydrogen-bond acceptors (Lipinski definition) is 6. The molecule has 1 fully saturated rings. The Bertz CT molecular complexity index is 427. The number of ether oxygens (including phenoxy) is 1. The number of piperidine rings is 1. The van der Waals surface area contributed by atoms with Crippen LogP contribution in [0.3, 0.4) is 0 Å². The van der Waals surface area contributed by atoms with Gasteiger partial charge in [-0.2, -0.15) is 0 Å². The van der Waals surface area contributed by atoms with E-state index in [1.54, 1.807) is 12.1 Å². The van der Waals surface area contributed by atoms with Crippen LogP contribution in [0, 0.1) is 5.41 Å². The van der Waals surface area contributed by atoms with Crippen molar-refractivity contribution in [2.75, 3.05) is 32.1 Å². The zero-order valence-corrected chi connectivity index (χ0v) is 11.4. The Morgan fingerprint density at radius 2 is 2.37 bits per heavy atom. The third-order valence-electron chi connectivity index (χ3n) is 3.44. The number of methoxy groups -OCH3 is 1. The van der Waals surface area contributed by atoms with E-state index in [1.165, 1.54) is 20.0 Å². The zero-order chi connectivity index (χ0) is 13.7. The van der Waals surface area contributed by atoms with Crippen LogP contribution in [-0.2, 0) is 4.74 Å². The molecule has 1 aliphatic rings. The second-order valence-electron chi connectivity index (χ2n) is 5.24. The van der Waals surface area contributed by atoms with E-state index in [-0.39, 0.29) is 11.1 Å². The number of nitrogens with zero attached hydrogens (tertiary/aromatic N) is 2. The molecule has 6 heteroatoms. The van der Waals surface area contributed by atoms with Gasteiger partial charge in [0.05, 0.1) is 7.11 Å². The molecular weight excluding hydrogens is 244 g/mol. The fourth-order valence-electron chi connectivity index (χ4n) is 2.21. The van der Waals surface area contributed by atoms with Gasteiger partial charge in [-0.3, -0.25) is 0 Å². The van der Waals surface area contributed by atoms with Crippen LogP contribution < -0.4 is 10.6 Å². The lowest BCUT2D eigenvalue weighted by atomic mass is 9.83.